The summed E-state index contributed by atoms with van der Waals surface area (Å²) >= 11 is 0. The van der Waals surface area contributed by atoms with Crippen LogP contribution in [-0.4, -0.2) is 29.3 Å². The summed E-state index contributed by atoms with van der Waals surface area (Å²) in [5, 5.41) is 15.5. The summed E-state index contributed by atoms with van der Waals surface area (Å²) in [6.07, 6.45) is 0. The van der Waals surface area contributed by atoms with Gasteiger partial charge in [0, 0.05) is 19.7 Å². The number of nitrogens with one attached hydrogen (secondary N) is 1. The highest BCUT2D eigenvalue weighted by atomic mass is 16.5. The van der Waals surface area contributed by atoms with Crippen molar-refractivity contribution < 1.29 is 9.53 Å². The van der Waals surface area contributed by atoms with Crippen molar-refractivity contribution in [2.24, 2.45) is 12.5 Å². The smallest absolute Gasteiger partial charge is 0.271 e. The molecule has 92 valence electrons. The Balaban J connectivity index is 2.68. The SMILES string of the molecule is COc1cc(C(=O)NCC(C)(C)C#N)nn1C. The van der Waals surface area contributed by atoms with E-state index in [1.54, 1.807) is 27.0 Å². The Morgan fingerprint density at radius 3 is 2.82 bits per heavy atom. The Kier molecular flexibility index (Phi) is 3.73. The van der Waals surface area contributed by atoms with Gasteiger partial charge in [0.25, 0.3) is 5.91 Å². The number of hydrogen-bond donors (Lipinski definition) is 1. The number of aromatic nitrogens is 2. The van der Waals surface area contributed by atoms with Crippen molar-refractivity contribution >= 4 is 5.91 Å². The average Bonchev–Trinajstić information content (AvgIpc) is 2.67. The Bertz CT molecular complexity index is 457. The molecule has 1 aromatic rings. The van der Waals surface area contributed by atoms with Gasteiger partial charge < -0.3 is 10.1 Å². The zero-order valence-electron chi connectivity index (χ0n) is 10.4. The minimum absolute atomic E-state index is 0.276. The van der Waals surface area contributed by atoms with E-state index >= 15 is 0 Å². The minimum Gasteiger partial charge on any atom is -0.481 e. The van der Waals surface area contributed by atoms with Crippen LogP contribution in [0.4, 0.5) is 0 Å². The molecule has 0 saturated carbocycles. The van der Waals surface area contributed by atoms with Crippen LogP contribution in [0.15, 0.2) is 6.07 Å². The maximum Gasteiger partial charge on any atom is 0.271 e. The van der Waals surface area contributed by atoms with Gasteiger partial charge in [-0.15, -0.1) is 0 Å². The van der Waals surface area contributed by atoms with E-state index in [0.29, 0.717) is 5.88 Å². The molecule has 0 atom stereocenters. The third-order valence-corrected chi connectivity index (χ3v) is 2.27. The molecule has 0 unspecified atom stereocenters. The molecular formula is C11H16N4O2. The van der Waals surface area contributed by atoms with Crippen LogP contribution in [0.3, 0.4) is 0 Å². The van der Waals surface area contributed by atoms with Crippen molar-refractivity contribution in [3.63, 3.8) is 0 Å². The second-order valence-electron chi connectivity index (χ2n) is 4.37. The molecule has 0 aliphatic rings. The summed E-state index contributed by atoms with van der Waals surface area (Å²) in [7, 11) is 3.20. The van der Waals surface area contributed by atoms with E-state index in [9.17, 15) is 4.79 Å². The molecule has 1 amide bonds. The molecule has 1 rings (SSSR count). The Labute approximate surface area is 100 Å². The fourth-order valence-electron chi connectivity index (χ4n) is 1.18. The quantitative estimate of drug-likeness (QED) is 0.834. The van der Waals surface area contributed by atoms with E-state index < -0.39 is 5.41 Å². The van der Waals surface area contributed by atoms with Gasteiger partial charge in [-0.1, -0.05) is 0 Å². The number of ether oxygens (including phenoxy) is 1. The molecule has 0 radical (unpaired) electrons. The van der Waals surface area contributed by atoms with E-state index in [4.69, 9.17) is 10.00 Å². The van der Waals surface area contributed by atoms with Crippen molar-refractivity contribution in [3.05, 3.63) is 11.8 Å². The molecule has 0 fully saturated rings. The van der Waals surface area contributed by atoms with Gasteiger partial charge >= 0.3 is 0 Å². The Morgan fingerprint density at radius 2 is 2.35 bits per heavy atom. The second kappa shape index (κ2) is 4.87. The summed E-state index contributed by atoms with van der Waals surface area (Å²) in [5.41, 5.74) is -0.313. The number of aryl methyl sites for hydroxylation is 1. The summed E-state index contributed by atoms with van der Waals surface area (Å²) in [5.74, 6) is 0.196. The topological polar surface area (TPSA) is 79.9 Å². The van der Waals surface area contributed by atoms with Gasteiger partial charge in [0.1, 0.15) is 0 Å². The van der Waals surface area contributed by atoms with Gasteiger partial charge in [0.15, 0.2) is 5.69 Å². The van der Waals surface area contributed by atoms with Crippen LogP contribution in [-0.2, 0) is 7.05 Å². The summed E-state index contributed by atoms with van der Waals surface area (Å²) in [4.78, 5) is 11.7. The zero-order valence-corrected chi connectivity index (χ0v) is 10.4. The molecule has 1 heterocycles. The maximum atomic E-state index is 11.7. The molecule has 6 nitrogen and oxygen atoms in total. The Hall–Kier alpha value is -2.03. The second-order valence-corrected chi connectivity index (χ2v) is 4.37. The molecule has 1 N–H and O–H groups in total. The summed E-state index contributed by atoms with van der Waals surface area (Å²) in [6, 6.07) is 3.66. The van der Waals surface area contributed by atoms with Gasteiger partial charge in [-0.25, -0.2) is 4.68 Å². The number of hydrogen-bond acceptors (Lipinski definition) is 4. The van der Waals surface area contributed by atoms with Gasteiger partial charge in [0.05, 0.1) is 18.6 Å². The fourth-order valence-corrected chi connectivity index (χ4v) is 1.18. The lowest BCUT2D eigenvalue weighted by Crippen LogP contribution is -2.33. The molecule has 0 spiro atoms. The molecule has 1 aromatic heterocycles. The normalized spacial score (nSPS) is 10.8. The monoisotopic (exact) mass is 236 g/mol. The van der Waals surface area contributed by atoms with Crippen molar-refractivity contribution in [1.82, 2.24) is 15.1 Å². The number of carbonyl (C=O) groups is 1. The summed E-state index contributed by atoms with van der Waals surface area (Å²) in [6.45, 7) is 3.79. The van der Waals surface area contributed by atoms with Crippen LogP contribution >= 0.6 is 0 Å². The lowest BCUT2D eigenvalue weighted by Gasteiger charge is -2.14. The highest BCUT2D eigenvalue weighted by Gasteiger charge is 2.19. The first-order chi connectivity index (χ1) is 7.89. The minimum atomic E-state index is -0.589. The van der Waals surface area contributed by atoms with Crippen LogP contribution < -0.4 is 10.1 Å². The average molecular weight is 236 g/mol. The van der Waals surface area contributed by atoms with Crippen LogP contribution in [0.25, 0.3) is 0 Å². The first kappa shape index (κ1) is 13.0. The Morgan fingerprint density at radius 1 is 1.71 bits per heavy atom. The first-order valence-corrected chi connectivity index (χ1v) is 5.17. The predicted molar refractivity (Wildman–Crippen MR) is 61.5 cm³/mol. The van der Waals surface area contributed by atoms with Gasteiger partial charge in [-0.3, -0.25) is 4.79 Å². The number of nitriles is 1. The fraction of sp³-hybridized carbons (Fsp3) is 0.545. The van der Waals surface area contributed by atoms with Gasteiger partial charge in [0.2, 0.25) is 5.88 Å². The van der Waals surface area contributed by atoms with Crippen LogP contribution in [0.1, 0.15) is 24.3 Å². The molecule has 0 aliphatic carbocycles. The summed E-state index contributed by atoms with van der Waals surface area (Å²) < 4.78 is 6.49. The van der Waals surface area contributed by atoms with E-state index in [-0.39, 0.29) is 18.1 Å². The van der Waals surface area contributed by atoms with Crippen LogP contribution in [0.2, 0.25) is 0 Å². The highest BCUT2D eigenvalue weighted by molar-refractivity contribution is 5.92. The number of rotatable bonds is 4. The maximum absolute atomic E-state index is 11.7. The van der Waals surface area contributed by atoms with Crippen LogP contribution in [0.5, 0.6) is 5.88 Å². The highest BCUT2D eigenvalue weighted by Crippen LogP contribution is 2.13. The predicted octanol–water partition coefficient (Wildman–Crippen LogP) is 0.708. The number of nitrogens with zero attached hydrogens (tertiary/aromatic N) is 3. The number of methoxy groups -OCH3 is 1. The lowest BCUT2D eigenvalue weighted by molar-refractivity contribution is 0.0938. The largest absolute Gasteiger partial charge is 0.481 e. The molecule has 0 bridgehead atoms. The van der Waals surface area contributed by atoms with Crippen molar-refractivity contribution in [3.8, 4) is 11.9 Å². The molecule has 0 saturated heterocycles. The molecule has 0 aliphatic heterocycles. The van der Waals surface area contributed by atoms with Crippen molar-refractivity contribution in [2.75, 3.05) is 13.7 Å². The van der Waals surface area contributed by atoms with Crippen LogP contribution in [0, 0.1) is 16.7 Å². The van der Waals surface area contributed by atoms with Gasteiger partial charge in [-0.05, 0) is 13.8 Å². The van der Waals surface area contributed by atoms with E-state index in [2.05, 4.69) is 16.5 Å². The van der Waals surface area contributed by atoms with Crippen molar-refractivity contribution in [2.45, 2.75) is 13.8 Å². The third-order valence-electron chi connectivity index (χ3n) is 2.27. The first-order valence-electron chi connectivity index (χ1n) is 5.17. The molecule has 6 heteroatoms. The van der Waals surface area contributed by atoms with E-state index in [0.717, 1.165) is 0 Å². The molecule has 0 aromatic carbocycles. The standard InChI is InChI=1S/C11H16N4O2/c1-11(2,6-12)7-13-10(16)8-5-9(17-4)15(3)14-8/h5H,7H2,1-4H3,(H,13,16). The molecule has 17 heavy (non-hydrogen) atoms. The zero-order chi connectivity index (χ0) is 13.1. The van der Waals surface area contributed by atoms with E-state index in [1.807, 2.05) is 0 Å². The molecular weight excluding hydrogens is 220 g/mol. The third kappa shape index (κ3) is 3.21. The van der Waals surface area contributed by atoms with Gasteiger partial charge in [-0.2, -0.15) is 10.4 Å². The lowest BCUT2D eigenvalue weighted by atomic mass is 9.96. The number of carbonyl (C=O) groups excluding carboxylic acids is 1. The number of amides is 1. The van der Waals surface area contributed by atoms with E-state index in [1.165, 1.54) is 11.8 Å². The van der Waals surface area contributed by atoms with Crippen molar-refractivity contribution in [1.29, 1.82) is 5.26 Å².